The molecular weight excluding hydrogens is 432 g/mol. The molecule has 7 heteroatoms. The molecule has 1 aliphatic carbocycles. The van der Waals surface area contributed by atoms with E-state index in [2.05, 4.69) is 10.3 Å². The Hall–Kier alpha value is -3.61. The van der Waals surface area contributed by atoms with Gasteiger partial charge in [-0.3, -0.25) is 9.59 Å². The van der Waals surface area contributed by atoms with Crippen molar-refractivity contribution >= 4 is 28.7 Å². The van der Waals surface area contributed by atoms with Crippen LogP contribution >= 0.6 is 0 Å². The second-order valence-corrected chi connectivity index (χ2v) is 10.1. The van der Waals surface area contributed by atoms with Gasteiger partial charge >= 0.3 is 11.9 Å². The van der Waals surface area contributed by atoms with Gasteiger partial charge in [0.15, 0.2) is 0 Å². The number of H-pyrrole nitrogens is 1. The molecule has 34 heavy (non-hydrogen) atoms. The third kappa shape index (κ3) is 4.98. The fraction of sp³-hybridized carbons (Fsp3) is 0.370. The molecule has 1 aliphatic rings. The van der Waals surface area contributed by atoms with E-state index in [1.54, 1.807) is 27.0 Å². The molecule has 2 aromatic carbocycles. The third-order valence-corrected chi connectivity index (χ3v) is 6.26. The molecule has 0 fully saturated rings. The smallest absolute Gasteiger partial charge is 0.326 e. The third-order valence-electron chi connectivity index (χ3n) is 6.26. The van der Waals surface area contributed by atoms with E-state index in [0.29, 0.717) is 12.8 Å². The summed E-state index contributed by atoms with van der Waals surface area (Å²) in [4.78, 5) is 41.7. The normalized spacial score (nSPS) is 15.5. The van der Waals surface area contributed by atoms with Crippen LogP contribution in [0.5, 0.6) is 0 Å². The molecule has 7 nitrogen and oxygen atoms in total. The largest absolute Gasteiger partial charge is 0.480 e. The SMILES string of the molecule is CC(C)(C)OC(=O)CC1(C(=O)N[C@@H](Cc2c[nH]c3ccccc23)C(=O)O)Cc2ccccc2C1. The number of carbonyl (C=O) groups excluding carboxylic acids is 2. The number of carboxylic acids is 1. The number of aliphatic carboxylic acids is 1. The van der Waals surface area contributed by atoms with Gasteiger partial charge in [0.05, 0.1) is 11.8 Å². The van der Waals surface area contributed by atoms with E-state index in [9.17, 15) is 19.5 Å². The molecule has 0 unspecified atom stereocenters. The van der Waals surface area contributed by atoms with Crippen LogP contribution in [0, 0.1) is 5.41 Å². The summed E-state index contributed by atoms with van der Waals surface area (Å²) in [5, 5.41) is 13.6. The lowest BCUT2D eigenvalue weighted by Crippen LogP contribution is -2.51. The number of esters is 1. The number of aromatic nitrogens is 1. The lowest BCUT2D eigenvalue weighted by atomic mass is 9.80. The van der Waals surface area contributed by atoms with E-state index < -0.39 is 34.9 Å². The van der Waals surface area contributed by atoms with Crippen molar-refractivity contribution in [3.63, 3.8) is 0 Å². The number of carbonyl (C=O) groups is 3. The van der Waals surface area contributed by atoms with Crippen LogP contribution in [-0.2, 0) is 38.4 Å². The molecule has 0 spiro atoms. The van der Waals surface area contributed by atoms with Crippen molar-refractivity contribution in [2.75, 3.05) is 0 Å². The zero-order valence-electron chi connectivity index (χ0n) is 19.7. The van der Waals surface area contributed by atoms with E-state index in [1.807, 2.05) is 48.5 Å². The van der Waals surface area contributed by atoms with Crippen LogP contribution in [0.4, 0.5) is 0 Å². The van der Waals surface area contributed by atoms with Gasteiger partial charge in [-0.25, -0.2) is 4.79 Å². The minimum atomic E-state index is -1.13. The molecule has 0 saturated carbocycles. The molecular formula is C27H30N2O5. The van der Waals surface area contributed by atoms with Crippen LogP contribution < -0.4 is 5.32 Å². The Kier molecular flexibility index (Phi) is 6.21. The summed E-state index contributed by atoms with van der Waals surface area (Å²) in [7, 11) is 0. The quantitative estimate of drug-likeness (QED) is 0.463. The van der Waals surface area contributed by atoms with E-state index in [0.717, 1.165) is 27.6 Å². The van der Waals surface area contributed by atoms with E-state index in [1.165, 1.54) is 0 Å². The molecule has 1 aromatic heterocycles. The summed E-state index contributed by atoms with van der Waals surface area (Å²) in [6, 6.07) is 14.2. The predicted octanol–water partition coefficient (Wildman–Crippen LogP) is 3.80. The summed E-state index contributed by atoms with van der Waals surface area (Å²) in [6.07, 6.45) is 2.49. The van der Waals surface area contributed by atoms with Crippen molar-refractivity contribution < 1.29 is 24.2 Å². The zero-order valence-corrected chi connectivity index (χ0v) is 19.7. The van der Waals surface area contributed by atoms with Gasteiger partial charge in [0, 0.05) is 23.5 Å². The maximum Gasteiger partial charge on any atom is 0.326 e. The van der Waals surface area contributed by atoms with Crippen LogP contribution in [0.1, 0.15) is 43.9 Å². The fourth-order valence-corrected chi connectivity index (χ4v) is 4.75. The standard InChI is InChI=1S/C27H30N2O5/c1-26(2,3)34-23(30)15-27(13-17-8-4-5-9-18(17)14-27)25(33)29-22(24(31)32)12-19-16-28-21-11-7-6-10-20(19)21/h4-11,16,22,28H,12-15H2,1-3H3,(H,29,33)(H,31,32)/t22-/m0/s1. The van der Waals surface area contributed by atoms with Crippen molar-refractivity contribution in [1.29, 1.82) is 0 Å². The van der Waals surface area contributed by atoms with Crippen LogP contribution in [-0.4, -0.2) is 39.6 Å². The number of hydrogen-bond acceptors (Lipinski definition) is 4. The Morgan fingerprint density at radius 1 is 1.06 bits per heavy atom. The van der Waals surface area contributed by atoms with Gasteiger partial charge in [0.1, 0.15) is 11.6 Å². The van der Waals surface area contributed by atoms with Gasteiger partial charge in [0.2, 0.25) is 5.91 Å². The maximum atomic E-state index is 13.7. The highest BCUT2D eigenvalue weighted by atomic mass is 16.6. The Balaban J connectivity index is 1.59. The van der Waals surface area contributed by atoms with Crippen molar-refractivity contribution in [2.24, 2.45) is 5.41 Å². The molecule has 1 amide bonds. The average molecular weight is 463 g/mol. The number of rotatable bonds is 7. The van der Waals surface area contributed by atoms with Crippen molar-refractivity contribution in [3.05, 3.63) is 71.4 Å². The van der Waals surface area contributed by atoms with Crippen molar-refractivity contribution in [2.45, 2.75) is 58.1 Å². The first-order chi connectivity index (χ1) is 16.1. The first-order valence-corrected chi connectivity index (χ1v) is 11.4. The highest BCUT2D eigenvalue weighted by molar-refractivity contribution is 5.92. The Morgan fingerprint density at radius 2 is 1.68 bits per heavy atom. The second kappa shape index (κ2) is 8.97. The molecule has 0 bridgehead atoms. The Morgan fingerprint density at radius 3 is 2.29 bits per heavy atom. The first-order valence-electron chi connectivity index (χ1n) is 11.4. The number of ether oxygens (including phenoxy) is 1. The molecule has 3 aromatic rings. The summed E-state index contributed by atoms with van der Waals surface area (Å²) < 4.78 is 5.52. The molecule has 1 heterocycles. The summed E-state index contributed by atoms with van der Waals surface area (Å²) >= 11 is 0. The summed E-state index contributed by atoms with van der Waals surface area (Å²) in [5.74, 6) is -2.04. The lowest BCUT2D eigenvalue weighted by Gasteiger charge is -2.30. The monoisotopic (exact) mass is 462 g/mol. The molecule has 1 atom stereocenters. The number of aromatic amines is 1. The Bertz CT molecular complexity index is 1210. The highest BCUT2D eigenvalue weighted by Gasteiger charge is 2.47. The van der Waals surface area contributed by atoms with Gasteiger partial charge < -0.3 is 20.1 Å². The minimum Gasteiger partial charge on any atom is -0.480 e. The number of fused-ring (bicyclic) bond motifs is 2. The molecule has 3 N–H and O–H groups in total. The number of amides is 1. The van der Waals surface area contributed by atoms with Crippen LogP contribution in [0.15, 0.2) is 54.7 Å². The van der Waals surface area contributed by atoms with Crippen molar-refractivity contribution in [1.82, 2.24) is 10.3 Å². The molecule has 0 saturated heterocycles. The van der Waals surface area contributed by atoms with Crippen LogP contribution in [0.2, 0.25) is 0 Å². The van der Waals surface area contributed by atoms with Crippen molar-refractivity contribution in [3.8, 4) is 0 Å². The van der Waals surface area contributed by atoms with Gasteiger partial charge in [-0.2, -0.15) is 0 Å². The average Bonchev–Trinajstić information content (AvgIpc) is 3.33. The molecule has 0 radical (unpaired) electrons. The first kappa shape index (κ1) is 23.5. The van der Waals surface area contributed by atoms with E-state index in [4.69, 9.17) is 4.74 Å². The molecule has 178 valence electrons. The predicted molar refractivity (Wildman–Crippen MR) is 128 cm³/mol. The van der Waals surface area contributed by atoms with Gasteiger partial charge in [0.25, 0.3) is 0 Å². The highest BCUT2D eigenvalue weighted by Crippen LogP contribution is 2.41. The summed E-state index contributed by atoms with van der Waals surface area (Å²) in [5.41, 5.74) is 1.91. The van der Waals surface area contributed by atoms with Gasteiger partial charge in [-0.05, 0) is 56.4 Å². The second-order valence-electron chi connectivity index (χ2n) is 10.1. The summed E-state index contributed by atoms with van der Waals surface area (Å²) in [6.45, 7) is 5.34. The van der Waals surface area contributed by atoms with Gasteiger partial charge in [-0.15, -0.1) is 0 Å². The number of hydrogen-bond donors (Lipinski definition) is 3. The lowest BCUT2D eigenvalue weighted by molar-refractivity contribution is -0.160. The number of benzene rings is 2. The molecule has 0 aliphatic heterocycles. The Labute approximate surface area is 198 Å². The number of nitrogens with one attached hydrogen (secondary N) is 2. The van der Waals surface area contributed by atoms with Crippen LogP contribution in [0.25, 0.3) is 10.9 Å². The number of para-hydroxylation sites is 1. The zero-order chi connectivity index (χ0) is 24.5. The van der Waals surface area contributed by atoms with E-state index >= 15 is 0 Å². The van der Waals surface area contributed by atoms with Crippen LogP contribution in [0.3, 0.4) is 0 Å². The minimum absolute atomic E-state index is 0.121. The van der Waals surface area contributed by atoms with Gasteiger partial charge in [-0.1, -0.05) is 42.5 Å². The fourth-order valence-electron chi connectivity index (χ4n) is 4.75. The maximum absolute atomic E-state index is 13.7. The molecule has 4 rings (SSSR count). The topological polar surface area (TPSA) is 108 Å². The number of carboxylic acid groups (broad SMARTS) is 1. The van der Waals surface area contributed by atoms with E-state index in [-0.39, 0.29) is 12.8 Å².